The van der Waals surface area contributed by atoms with Gasteiger partial charge in [0, 0.05) is 17.3 Å². The molecule has 1 aliphatic heterocycles. The van der Waals surface area contributed by atoms with Gasteiger partial charge in [0.25, 0.3) is 0 Å². The second-order valence-corrected chi connectivity index (χ2v) is 5.89. The van der Waals surface area contributed by atoms with Gasteiger partial charge in [-0.15, -0.1) is 0 Å². The Hall–Kier alpha value is -0.380. The van der Waals surface area contributed by atoms with Gasteiger partial charge in [0.05, 0.1) is 5.54 Å². The molecule has 4 heteroatoms. The smallest absolute Gasteiger partial charge is 0.0511 e. The van der Waals surface area contributed by atoms with Crippen LogP contribution in [0, 0.1) is 0 Å². The largest absolute Gasteiger partial charge is 0.378 e. The molecule has 0 spiro atoms. The lowest BCUT2D eigenvalue weighted by Gasteiger charge is -2.37. The van der Waals surface area contributed by atoms with Crippen LogP contribution in [0.25, 0.3) is 0 Å². The molecular weight excluding hydrogens is 240 g/mol. The lowest BCUT2D eigenvalue weighted by molar-refractivity contribution is 0.443. The Balaban J connectivity index is 2.08. The molecule has 0 aliphatic carbocycles. The molecule has 0 saturated carbocycles. The summed E-state index contributed by atoms with van der Waals surface area (Å²) in [5.41, 5.74) is 7.11. The van der Waals surface area contributed by atoms with Gasteiger partial charge < -0.3 is 11.1 Å². The van der Waals surface area contributed by atoms with Gasteiger partial charge >= 0.3 is 0 Å². The molecule has 1 aromatic rings. The van der Waals surface area contributed by atoms with Gasteiger partial charge in [-0.05, 0) is 48.6 Å². The lowest BCUT2D eigenvalue weighted by atomic mass is 9.92. The van der Waals surface area contributed by atoms with Crippen molar-refractivity contribution in [3.8, 4) is 0 Å². The number of benzene rings is 1. The molecule has 2 rings (SSSR count). The minimum absolute atomic E-state index is 0.0824. The zero-order chi connectivity index (χ0) is 11.4. The molecule has 1 saturated heterocycles. The predicted molar refractivity (Wildman–Crippen MR) is 73.4 cm³/mol. The predicted octanol–water partition coefficient (Wildman–Crippen LogP) is 2.98. The SMILES string of the molecule is NCC1(Nc2ccc(Cl)cc2)CCSCC1. The molecule has 1 heterocycles. The van der Waals surface area contributed by atoms with Crippen LogP contribution >= 0.6 is 23.4 Å². The van der Waals surface area contributed by atoms with Gasteiger partial charge in [-0.2, -0.15) is 11.8 Å². The van der Waals surface area contributed by atoms with Crippen molar-refractivity contribution < 1.29 is 0 Å². The van der Waals surface area contributed by atoms with Crippen LogP contribution in [-0.4, -0.2) is 23.6 Å². The zero-order valence-electron chi connectivity index (χ0n) is 9.21. The number of nitrogens with one attached hydrogen (secondary N) is 1. The van der Waals surface area contributed by atoms with Gasteiger partial charge in [-0.25, -0.2) is 0 Å². The van der Waals surface area contributed by atoms with Gasteiger partial charge in [-0.3, -0.25) is 0 Å². The molecule has 1 fully saturated rings. The number of thioether (sulfide) groups is 1. The lowest BCUT2D eigenvalue weighted by Crippen LogP contribution is -2.48. The molecule has 88 valence electrons. The quantitative estimate of drug-likeness (QED) is 0.873. The van der Waals surface area contributed by atoms with E-state index in [-0.39, 0.29) is 5.54 Å². The van der Waals surface area contributed by atoms with Gasteiger partial charge in [-0.1, -0.05) is 11.6 Å². The Morgan fingerprint density at radius 2 is 1.88 bits per heavy atom. The van der Waals surface area contributed by atoms with Gasteiger partial charge in [0.15, 0.2) is 0 Å². The summed E-state index contributed by atoms with van der Waals surface area (Å²) in [4.78, 5) is 0. The minimum atomic E-state index is 0.0824. The molecule has 2 nitrogen and oxygen atoms in total. The van der Waals surface area contributed by atoms with Crippen LogP contribution in [0.15, 0.2) is 24.3 Å². The van der Waals surface area contributed by atoms with Crippen molar-refractivity contribution in [3.05, 3.63) is 29.3 Å². The van der Waals surface area contributed by atoms with Crippen LogP contribution in [0.4, 0.5) is 5.69 Å². The maximum absolute atomic E-state index is 5.92. The number of rotatable bonds is 3. The topological polar surface area (TPSA) is 38.0 Å². The normalized spacial score (nSPS) is 19.4. The van der Waals surface area contributed by atoms with E-state index >= 15 is 0 Å². The van der Waals surface area contributed by atoms with E-state index in [1.54, 1.807) is 0 Å². The Bertz CT molecular complexity index is 333. The molecule has 1 aromatic carbocycles. The number of nitrogens with two attached hydrogens (primary N) is 1. The molecule has 3 N–H and O–H groups in total. The van der Waals surface area contributed by atoms with E-state index in [0.29, 0.717) is 6.54 Å². The van der Waals surface area contributed by atoms with E-state index < -0.39 is 0 Å². The Labute approximate surface area is 106 Å². The highest BCUT2D eigenvalue weighted by Gasteiger charge is 2.30. The molecular formula is C12H17ClN2S. The summed E-state index contributed by atoms with van der Waals surface area (Å²) in [6.45, 7) is 0.691. The Morgan fingerprint density at radius 1 is 1.25 bits per heavy atom. The van der Waals surface area contributed by atoms with Crippen molar-refractivity contribution in [2.45, 2.75) is 18.4 Å². The fourth-order valence-corrected chi connectivity index (χ4v) is 3.38. The van der Waals surface area contributed by atoms with Gasteiger partial charge in [0.1, 0.15) is 0 Å². The molecule has 0 bridgehead atoms. The van der Waals surface area contributed by atoms with Crippen LogP contribution in [0.3, 0.4) is 0 Å². The Kier molecular flexibility index (Phi) is 4.00. The molecule has 0 amide bonds. The summed E-state index contributed by atoms with van der Waals surface area (Å²) in [5, 5.41) is 4.34. The van der Waals surface area contributed by atoms with Crippen molar-refractivity contribution in [3.63, 3.8) is 0 Å². The maximum Gasteiger partial charge on any atom is 0.0511 e. The number of hydrogen-bond donors (Lipinski definition) is 2. The van der Waals surface area contributed by atoms with E-state index in [0.717, 1.165) is 23.6 Å². The third kappa shape index (κ3) is 2.84. The third-order valence-electron chi connectivity index (χ3n) is 3.09. The third-order valence-corrected chi connectivity index (χ3v) is 4.33. The van der Waals surface area contributed by atoms with Crippen LogP contribution in [-0.2, 0) is 0 Å². The average molecular weight is 257 g/mol. The van der Waals surface area contributed by atoms with Crippen LogP contribution < -0.4 is 11.1 Å². The second kappa shape index (κ2) is 5.30. The van der Waals surface area contributed by atoms with E-state index in [2.05, 4.69) is 5.32 Å². The highest BCUT2D eigenvalue weighted by molar-refractivity contribution is 7.99. The maximum atomic E-state index is 5.92. The molecule has 0 radical (unpaired) electrons. The average Bonchev–Trinajstić information content (AvgIpc) is 2.33. The van der Waals surface area contributed by atoms with Crippen molar-refractivity contribution in [1.82, 2.24) is 0 Å². The van der Waals surface area contributed by atoms with E-state index in [1.807, 2.05) is 36.0 Å². The van der Waals surface area contributed by atoms with Crippen molar-refractivity contribution in [1.29, 1.82) is 0 Å². The first kappa shape index (κ1) is 12.1. The van der Waals surface area contributed by atoms with Crippen LogP contribution in [0.2, 0.25) is 5.02 Å². The van der Waals surface area contributed by atoms with Crippen LogP contribution in [0.5, 0.6) is 0 Å². The number of hydrogen-bond acceptors (Lipinski definition) is 3. The molecule has 0 atom stereocenters. The number of halogens is 1. The standard InChI is InChI=1S/C12H17ClN2S/c13-10-1-3-11(4-2-10)15-12(9-14)5-7-16-8-6-12/h1-4,15H,5-9,14H2. The molecule has 1 aliphatic rings. The monoisotopic (exact) mass is 256 g/mol. The van der Waals surface area contributed by atoms with Crippen molar-refractivity contribution in [2.24, 2.45) is 5.73 Å². The summed E-state index contributed by atoms with van der Waals surface area (Å²) in [6.07, 6.45) is 2.27. The first-order valence-electron chi connectivity index (χ1n) is 5.56. The van der Waals surface area contributed by atoms with Crippen molar-refractivity contribution in [2.75, 3.05) is 23.4 Å². The fourth-order valence-electron chi connectivity index (χ4n) is 1.98. The summed E-state index contributed by atoms with van der Waals surface area (Å²) in [6, 6.07) is 7.85. The first-order valence-corrected chi connectivity index (χ1v) is 7.09. The highest BCUT2D eigenvalue weighted by atomic mass is 35.5. The van der Waals surface area contributed by atoms with Crippen molar-refractivity contribution >= 4 is 29.1 Å². The molecule has 0 unspecified atom stereocenters. The summed E-state index contributed by atoms with van der Waals surface area (Å²) in [5.74, 6) is 2.38. The van der Waals surface area contributed by atoms with E-state index in [9.17, 15) is 0 Å². The highest BCUT2D eigenvalue weighted by Crippen LogP contribution is 2.30. The molecule has 0 aromatic heterocycles. The van der Waals surface area contributed by atoms with Gasteiger partial charge in [0.2, 0.25) is 0 Å². The fraction of sp³-hybridized carbons (Fsp3) is 0.500. The number of anilines is 1. The zero-order valence-corrected chi connectivity index (χ0v) is 10.8. The Morgan fingerprint density at radius 3 is 2.44 bits per heavy atom. The first-order chi connectivity index (χ1) is 7.74. The second-order valence-electron chi connectivity index (χ2n) is 4.23. The summed E-state index contributed by atoms with van der Waals surface area (Å²) >= 11 is 7.88. The van der Waals surface area contributed by atoms with E-state index in [1.165, 1.54) is 11.5 Å². The molecule has 16 heavy (non-hydrogen) atoms. The summed E-state index contributed by atoms with van der Waals surface area (Å²) in [7, 11) is 0. The summed E-state index contributed by atoms with van der Waals surface area (Å²) < 4.78 is 0. The van der Waals surface area contributed by atoms with E-state index in [4.69, 9.17) is 17.3 Å². The minimum Gasteiger partial charge on any atom is -0.378 e. The van der Waals surface area contributed by atoms with Crippen LogP contribution in [0.1, 0.15) is 12.8 Å².